The summed E-state index contributed by atoms with van der Waals surface area (Å²) in [4.78, 5) is 24.6. The van der Waals surface area contributed by atoms with Crippen LogP contribution in [0.15, 0.2) is 17.2 Å². The Morgan fingerprint density at radius 1 is 1.23 bits per heavy atom. The van der Waals surface area contributed by atoms with Crippen molar-refractivity contribution in [3.8, 4) is 0 Å². The lowest BCUT2D eigenvalue weighted by Gasteiger charge is -2.34. The minimum Gasteiger partial charge on any atom is -0.364 e. The first-order chi connectivity index (χ1) is 10.4. The molecule has 1 aliphatic heterocycles. The van der Waals surface area contributed by atoms with Gasteiger partial charge in [0.15, 0.2) is 0 Å². The molecule has 0 radical (unpaired) electrons. The standard InChI is InChI=1S/C12H14ClN5O3S/c1-22(20,21)18-4-2-17(3-5-18)9-6-8-10(13)14-7-15-11(8)16-12(9)19/h6-7H,2-5H2,1H3,(H,14,15,16,19). The Morgan fingerprint density at radius 2 is 1.91 bits per heavy atom. The lowest BCUT2D eigenvalue weighted by Crippen LogP contribution is -2.49. The van der Waals surface area contributed by atoms with Gasteiger partial charge >= 0.3 is 0 Å². The van der Waals surface area contributed by atoms with Crippen LogP contribution in [0, 0.1) is 0 Å². The molecule has 1 N–H and O–H groups in total. The Hall–Kier alpha value is -1.71. The summed E-state index contributed by atoms with van der Waals surface area (Å²) < 4.78 is 24.4. The van der Waals surface area contributed by atoms with Crippen LogP contribution in [0.5, 0.6) is 0 Å². The molecule has 8 nitrogen and oxygen atoms in total. The van der Waals surface area contributed by atoms with Gasteiger partial charge in [-0.3, -0.25) is 4.79 Å². The highest BCUT2D eigenvalue weighted by molar-refractivity contribution is 7.88. The molecule has 10 heteroatoms. The van der Waals surface area contributed by atoms with Gasteiger partial charge in [-0.15, -0.1) is 0 Å². The number of nitrogens with zero attached hydrogens (tertiary/aromatic N) is 4. The fraction of sp³-hybridized carbons (Fsp3) is 0.417. The van der Waals surface area contributed by atoms with Gasteiger partial charge in [-0.2, -0.15) is 4.31 Å². The third kappa shape index (κ3) is 2.79. The first-order valence-electron chi connectivity index (χ1n) is 6.60. The minimum absolute atomic E-state index is 0.261. The number of aromatic nitrogens is 3. The van der Waals surface area contributed by atoms with Crippen molar-refractivity contribution in [2.24, 2.45) is 0 Å². The van der Waals surface area contributed by atoms with Crippen molar-refractivity contribution in [1.82, 2.24) is 19.3 Å². The molecule has 0 aliphatic carbocycles. The molecule has 0 aromatic carbocycles. The van der Waals surface area contributed by atoms with Gasteiger partial charge < -0.3 is 9.88 Å². The molecule has 0 bridgehead atoms. The second-order valence-corrected chi connectivity index (χ2v) is 7.40. The zero-order chi connectivity index (χ0) is 15.9. The first kappa shape index (κ1) is 15.2. The lowest BCUT2D eigenvalue weighted by molar-refractivity contribution is 0.388. The monoisotopic (exact) mass is 343 g/mol. The van der Waals surface area contributed by atoms with Crippen LogP contribution in [0.4, 0.5) is 5.69 Å². The van der Waals surface area contributed by atoms with Gasteiger partial charge in [0.2, 0.25) is 10.0 Å². The molecule has 22 heavy (non-hydrogen) atoms. The van der Waals surface area contributed by atoms with E-state index in [1.807, 2.05) is 4.90 Å². The molecule has 2 aromatic rings. The molecule has 0 spiro atoms. The number of halogens is 1. The van der Waals surface area contributed by atoms with Crippen LogP contribution < -0.4 is 10.5 Å². The van der Waals surface area contributed by atoms with E-state index < -0.39 is 10.0 Å². The molecule has 3 heterocycles. The fourth-order valence-electron chi connectivity index (χ4n) is 2.47. The molecule has 3 rings (SSSR count). The summed E-state index contributed by atoms with van der Waals surface area (Å²) >= 11 is 6.02. The molecular weight excluding hydrogens is 330 g/mol. The van der Waals surface area contributed by atoms with Crippen molar-refractivity contribution >= 4 is 38.3 Å². The van der Waals surface area contributed by atoms with E-state index in [4.69, 9.17) is 11.6 Å². The molecule has 0 unspecified atom stereocenters. The molecule has 2 aromatic heterocycles. The Morgan fingerprint density at radius 3 is 2.55 bits per heavy atom. The number of hydrogen-bond acceptors (Lipinski definition) is 6. The maximum atomic E-state index is 12.2. The van der Waals surface area contributed by atoms with Crippen molar-refractivity contribution in [3.63, 3.8) is 0 Å². The molecule has 0 atom stereocenters. The van der Waals surface area contributed by atoms with E-state index in [-0.39, 0.29) is 10.7 Å². The molecule has 118 valence electrons. The van der Waals surface area contributed by atoms with E-state index in [1.165, 1.54) is 16.9 Å². The highest BCUT2D eigenvalue weighted by Crippen LogP contribution is 2.21. The van der Waals surface area contributed by atoms with Gasteiger partial charge in [-0.1, -0.05) is 11.6 Å². The predicted molar refractivity (Wildman–Crippen MR) is 83.8 cm³/mol. The number of pyridine rings is 1. The normalized spacial score (nSPS) is 17.1. The second kappa shape index (κ2) is 5.49. The van der Waals surface area contributed by atoms with Crippen LogP contribution in [0.2, 0.25) is 5.15 Å². The highest BCUT2D eigenvalue weighted by Gasteiger charge is 2.25. The Kier molecular flexibility index (Phi) is 3.79. The maximum absolute atomic E-state index is 12.2. The SMILES string of the molecule is CS(=O)(=O)N1CCN(c2cc3c(Cl)ncnc3[nH]c2=O)CC1. The largest absolute Gasteiger partial charge is 0.364 e. The molecule has 1 aliphatic rings. The second-order valence-electron chi connectivity index (χ2n) is 5.06. The molecule has 0 saturated carbocycles. The van der Waals surface area contributed by atoms with Crippen molar-refractivity contribution < 1.29 is 8.42 Å². The summed E-state index contributed by atoms with van der Waals surface area (Å²) in [6, 6.07) is 1.65. The third-order valence-corrected chi connectivity index (χ3v) is 5.23. The zero-order valence-electron chi connectivity index (χ0n) is 11.8. The minimum atomic E-state index is -3.20. The van der Waals surface area contributed by atoms with Gasteiger partial charge in [0.05, 0.1) is 11.6 Å². The Labute approximate surface area is 131 Å². The number of aromatic amines is 1. The quantitative estimate of drug-likeness (QED) is 0.774. The number of piperazine rings is 1. The first-order valence-corrected chi connectivity index (χ1v) is 8.82. The predicted octanol–water partition coefficient (Wildman–Crippen LogP) is 0.0531. The number of fused-ring (bicyclic) bond motifs is 1. The highest BCUT2D eigenvalue weighted by atomic mass is 35.5. The van der Waals surface area contributed by atoms with Gasteiger partial charge in [0.1, 0.15) is 22.8 Å². The van der Waals surface area contributed by atoms with Crippen LogP contribution in [-0.4, -0.2) is 60.1 Å². The molecule has 0 amide bonds. The van der Waals surface area contributed by atoms with E-state index in [0.717, 1.165) is 0 Å². The van der Waals surface area contributed by atoms with Crippen molar-refractivity contribution in [2.75, 3.05) is 37.3 Å². The zero-order valence-corrected chi connectivity index (χ0v) is 13.4. The smallest absolute Gasteiger partial charge is 0.273 e. The molecular formula is C12H14ClN5O3S. The Bertz CT molecular complexity index is 874. The molecule has 1 saturated heterocycles. The Balaban J connectivity index is 1.93. The number of H-pyrrole nitrogens is 1. The van der Waals surface area contributed by atoms with E-state index in [2.05, 4.69) is 15.0 Å². The van der Waals surface area contributed by atoms with Crippen LogP contribution in [0.3, 0.4) is 0 Å². The van der Waals surface area contributed by atoms with Crippen molar-refractivity contribution in [2.45, 2.75) is 0 Å². The lowest BCUT2D eigenvalue weighted by atomic mass is 10.2. The average Bonchev–Trinajstić information content (AvgIpc) is 2.46. The van der Waals surface area contributed by atoms with Gasteiger partial charge in [0, 0.05) is 26.2 Å². The average molecular weight is 344 g/mol. The fourth-order valence-corrected chi connectivity index (χ4v) is 3.49. The summed E-state index contributed by atoms with van der Waals surface area (Å²) in [6.45, 7) is 1.56. The molecule has 1 fully saturated rings. The summed E-state index contributed by atoms with van der Waals surface area (Å²) in [5.41, 5.74) is 0.538. The number of sulfonamides is 1. The van der Waals surface area contributed by atoms with Crippen LogP contribution >= 0.6 is 11.6 Å². The summed E-state index contributed by atoms with van der Waals surface area (Å²) in [7, 11) is -3.20. The third-order valence-electron chi connectivity index (χ3n) is 3.63. The van der Waals surface area contributed by atoms with E-state index >= 15 is 0 Å². The summed E-state index contributed by atoms with van der Waals surface area (Å²) in [6.07, 6.45) is 2.47. The van der Waals surface area contributed by atoms with Gasteiger partial charge in [0.25, 0.3) is 5.56 Å². The van der Waals surface area contributed by atoms with Crippen molar-refractivity contribution in [1.29, 1.82) is 0 Å². The van der Waals surface area contributed by atoms with Crippen molar-refractivity contribution in [3.05, 3.63) is 27.9 Å². The van der Waals surface area contributed by atoms with E-state index in [1.54, 1.807) is 6.07 Å². The van der Waals surface area contributed by atoms with Crippen LogP contribution in [0.1, 0.15) is 0 Å². The van der Waals surface area contributed by atoms with Gasteiger partial charge in [-0.25, -0.2) is 18.4 Å². The number of nitrogens with one attached hydrogen (secondary N) is 1. The summed E-state index contributed by atoms with van der Waals surface area (Å²) in [5, 5.41) is 0.821. The maximum Gasteiger partial charge on any atom is 0.273 e. The number of hydrogen-bond donors (Lipinski definition) is 1. The topological polar surface area (TPSA) is 99.3 Å². The number of rotatable bonds is 2. The van der Waals surface area contributed by atoms with E-state index in [0.29, 0.717) is 42.9 Å². The summed E-state index contributed by atoms with van der Waals surface area (Å²) in [5.74, 6) is 0. The van der Waals surface area contributed by atoms with Crippen LogP contribution in [0.25, 0.3) is 11.0 Å². The van der Waals surface area contributed by atoms with Crippen LogP contribution in [-0.2, 0) is 10.0 Å². The number of anilines is 1. The van der Waals surface area contributed by atoms with E-state index in [9.17, 15) is 13.2 Å². The van der Waals surface area contributed by atoms with Gasteiger partial charge in [-0.05, 0) is 6.07 Å².